The van der Waals surface area contributed by atoms with Crippen molar-refractivity contribution in [2.45, 2.75) is 20.3 Å². The first kappa shape index (κ1) is 9.37. The molecule has 1 atom stereocenters. The van der Waals surface area contributed by atoms with Crippen molar-refractivity contribution in [2.75, 3.05) is 6.61 Å². The highest BCUT2D eigenvalue weighted by Gasteiger charge is 2.12. The van der Waals surface area contributed by atoms with Gasteiger partial charge < -0.3 is 5.11 Å². The molecule has 0 heterocycles. The monoisotopic (exact) mass is 142 g/mol. The number of rotatable bonds is 4. The molecule has 0 amide bonds. The van der Waals surface area contributed by atoms with E-state index >= 15 is 0 Å². The van der Waals surface area contributed by atoms with Gasteiger partial charge in [-0.2, -0.15) is 0 Å². The lowest BCUT2D eigenvalue weighted by Crippen LogP contribution is -2.13. The molecule has 0 saturated carbocycles. The number of carbonyl (C=O) groups is 1. The van der Waals surface area contributed by atoms with Crippen LogP contribution in [0, 0.1) is 5.92 Å². The number of hydrogen-bond acceptors (Lipinski definition) is 2. The Morgan fingerprint density at radius 2 is 2.20 bits per heavy atom. The first-order valence-corrected chi connectivity index (χ1v) is 3.46. The molecule has 1 unspecified atom stereocenters. The van der Waals surface area contributed by atoms with Crippen molar-refractivity contribution in [1.82, 2.24) is 0 Å². The van der Waals surface area contributed by atoms with Crippen LogP contribution in [-0.4, -0.2) is 17.5 Å². The van der Waals surface area contributed by atoms with E-state index in [0.717, 1.165) is 6.42 Å². The Balaban J connectivity index is 3.95. The van der Waals surface area contributed by atoms with Crippen LogP contribution in [-0.2, 0) is 4.79 Å². The van der Waals surface area contributed by atoms with Gasteiger partial charge in [0.2, 0.25) is 0 Å². The quantitative estimate of drug-likeness (QED) is 0.598. The van der Waals surface area contributed by atoms with Crippen LogP contribution in [0.2, 0.25) is 0 Å². The fourth-order valence-electron chi connectivity index (χ4n) is 0.612. The molecular weight excluding hydrogens is 128 g/mol. The molecule has 0 aromatic rings. The predicted octanol–water partition coefficient (Wildman–Crippen LogP) is 1.15. The van der Waals surface area contributed by atoms with E-state index in [0.29, 0.717) is 5.57 Å². The van der Waals surface area contributed by atoms with Gasteiger partial charge in [0.15, 0.2) is 5.78 Å². The summed E-state index contributed by atoms with van der Waals surface area (Å²) in [4.78, 5) is 11.0. The summed E-state index contributed by atoms with van der Waals surface area (Å²) < 4.78 is 0. The molecule has 0 aliphatic heterocycles. The zero-order valence-electron chi connectivity index (χ0n) is 6.55. The summed E-state index contributed by atoms with van der Waals surface area (Å²) in [6.07, 6.45) is 0.803. The van der Waals surface area contributed by atoms with Gasteiger partial charge in [-0.3, -0.25) is 4.79 Å². The molecule has 0 aliphatic carbocycles. The smallest absolute Gasteiger partial charge is 0.163 e. The normalized spacial score (nSPS) is 12.7. The van der Waals surface area contributed by atoms with Gasteiger partial charge in [-0.25, -0.2) is 0 Å². The molecule has 1 N–H and O–H groups in total. The Morgan fingerprint density at radius 3 is 2.50 bits per heavy atom. The largest absolute Gasteiger partial charge is 0.392 e. The topological polar surface area (TPSA) is 37.3 Å². The van der Waals surface area contributed by atoms with Gasteiger partial charge in [0.25, 0.3) is 0 Å². The maximum Gasteiger partial charge on any atom is 0.163 e. The van der Waals surface area contributed by atoms with Gasteiger partial charge in [0.05, 0.1) is 6.61 Å². The van der Waals surface area contributed by atoms with Crippen molar-refractivity contribution in [3.8, 4) is 0 Å². The number of ketones is 1. The van der Waals surface area contributed by atoms with Crippen molar-refractivity contribution in [3.63, 3.8) is 0 Å². The first-order chi connectivity index (χ1) is 4.63. The summed E-state index contributed by atoms with van der Waals surface area (Å²) in [6.45, 7) is 7.00. The second kappa shape index (κ2) is 4.23. The minimum Gasteiger partial charge on any atom is -0.392 e. The van der Waals surface area contributed by atoms with E-state index in [1.807, 2.05) is 13.8 Å². The van der Waals surface area contributed by atoms with E-state index in [4.69, 9.17) is 5.11 Å². The average Bonchev–Trinajstić information content (AvgIpc) is 2.00. The van der Waals surface area contributed by atoms with E-state index in [-0.39, 0.29) is 18.3 Å². The van der Waals surface area contributed by atoms with Crippen molar-refractivity contribution >= 4 is 5.78 Å². The maximum atomic E-state index is 11.0. The van der Waals surface area contributed by atoms with E-state index in [1.54, 1.807) is 0 Å². The molecule has 0 spiro atoms. The summed E-state index contributed by atoms with van der Waals surface area (Å²) in [7, 11) is 0. The SMILES string of the molecule is C=C(CO)C(=O)C(C)CC. The molecule has 10 heavy (non-hydrogen) atoms. The Labute approximate surface area is 61.6 Å². The molecule has 0 fully saturated rings. The lowest BCUT2D eigenvalue weighted by atomic mass is 9.99. The molecule has 0 saturated heterocycles. The minimum absolute atomic E-state index is 0.000324. The molecule has 0 aliphatic rings. The molecule has 0 bridgehead atoms. The Morgan fingerprint density at radius 1 is 1.70 bits per heavy atom. The second-order valence-corrected chi connectivity index (χ2v) is 2.44. The summed E-state index contributed by atoms with van der Waals surface area (Å²) in [5.74, 6) is -0.0235. The summed E-state index contributed by atoms with van der Waals surface area (Å²) in [5.41, 5.74) is 0.314. The van der Waals surface area contributed by atoms with E-state index in [9.17, 15) is 4.79 Å². The van der Waals surface area contributed by atoms with Gasteiger partial charge in [0, 0.05) is 11.5 Å². The van der Waals surface area contributed by atoms with Gasteiger partial charge in [-0.15, -0.1) is 0 Å². The number of aliphatic hydroxyl groups excluding tert-OH is 1. The molecule has 0 rings (SSSR count). The third-order valence-corrected chi connectivity index (χ3v) is 1.60. The lowest BCUT2D eigenvalue weighted by molar-refractivity contribution is -0.119. The Hall–Kier alpha value is -0.630. The third-order valence-electron chi connectivity index (χ3n) is 1.60. The molecule has 0 radical (unpaired) electrons. The number of aliphatic hydroxyl groups is 1. The van der Waals surface area contributed by atoms with Crippen molar-refractivity contribution in [3.05, 3.63) is 12.2 Å². The van der Waals surface area contributed by atoms with Crippen LogP contribution < -0.4 is 0 Å². The number of hydrogen-bond donors (Lipinski definition) is 1. The maximum absolute atomic E-state index is 11.0. The minimum atomic E-state index is -0.219. The summed E-state index contributed by atoms with van der Waals surface area (Å²) in [5, 5.41) is 8.53. The molecular formula is C8H14O2. The van der Waals surface area contributed by atoms with Gasteiger partial charge >= 0.3 is 0 Å². The predicted molar refractivity (Wildman–Crippen MR) is 40.7 cm³/mol. The van der Waals surface area contributed by atoms with E-state index < -0.39 is 0 Å². The van der Waals surface area contributed by atoms with Gasteiger partial charge in [-0.1, -0.05) is 20.4 Å². The van der Waals surface area contributed by atoms with Crippen LogP contribution in [0.3, 0.4) is 0 Å². The van der Waals surface area contributed by atoms with Gasteiger partial charge in [0.1, 0.15) is 0 Å². The zero-order valence-corrected chi connectivity index (χ0v) is 6.55. The standard InChI is InChI=1S/C8H14O2/c1-4-6(2)8(10)7(3)5-9/h6,9H,3-5H2,1-2H3. The highest BCUT2D eigenvalue weighted by molar-refractivity contribution is 5.96. The zero-order chi connectivity index (χ0) is 8.15. The summed E-state index contributed by atoms with van der Waals surface area (Å²) >= 11 is 0. The lowest BCUT2D eigenvalue weighted by Gasteiger charge is -2.06. The van der Waals surface area contributed by atoms with Crippen LogP contribution in [0.1, 0.15) is 20.3 Å². The van der Waals surface area contributed by atoms with E-state index in [1.165, 1.54) is 0 Å². The van der Waals surface area contributed by atoms with Crippen LogP contribution in [0.4, 0.5) is 0 Å². The molecule has 0 aromatic carbocycles. The van der Waals surface area contributed by atoms with Gasteiger partial charge in [-0.05, 0) is 6.42 Å². The van der Waals surface area contributed by atoms with E-state index in [2.05, 4.69) is 6.58 Å². The fraction of sp³-hybridized carbons (Fsp3) is 0.625. The molecule has 0 aromatic heterocycles. The van der Waals surface area contributed by atoms with Crippen molar-refractivity contribution in [2.24, 2.45) is 5.92 Å². The summed E-state index contributed by atoms with van der Waals surface area (Å²) in [6, 6.07) is 0. The molecule has 58 valence electrons. The molecule has 2 nitrogen and oxygen atoms in total. The van der Waals surface area contributed by atoms with Crippen LogP contribution in [0.25, 0.3) is 0 Å². The Bertz CT molecular complexity index is 138. The average molecular weight is 142 g/mol. The van der Waals surface area contributed by atoms with Crippen LogP contribution in [0.5, 0.6) is 0 Å². The number of Topliss-reactive ketones (excluding diaryl/α,β-unsaturated/α-hetero) is 1. The number of carbonyl (C=O) groups excluding carboxylic acids is 1. The highest BCUT2D eigenvalue weighted by atomic mass is 16.3. The molecule has 2 heteroatoms. The van der Waals surface area contributed by atoms with Crippen molar-refractivity contribution in [1.29, 1.82) is 0 Å². The highest BCUT2D eigenvalue weighted by Crippen LogP contribution is 2.07. The third kappa shape index (κ3) is 2.31. The Kier molecular flexibility index (Phi) is 3.96. The second-order valence-electron chi connectivity index (χ2n) is 2.44. The van der Waals surface area contributed by atoms with Crippen LogP contribution >= 0.6 is 0 Å². The van der Waals surface area contributed by atoms with Crippen LogP contribution in [0.15, 0.2) is 12.2 Å². The first-order valence-electron chi connectivity index (χ1n) is 3.46. The van der Waals surface area contributed by atoms with Crippen molar-refractivity contribution < 1.29 is 9.90 Å². The fourth-order valence-corrected chi connectivity index (χ4v) is 0.612.